The molecule has 0 unspecified atom stereocenters. The van der Waals surface area contributed by atoms with Crippen LogP contribution in [0.3, 0.4) is 0 Å². The Labute approximate surface area is 167 Å². The molecule has 6 nitrogen and oxygen atoms in total. The molecular formula is C22H20FN5O. The lowest BCUT2D eigenvalue weighted by Gasteiger charge is -2.09. The molecule has 0 saturated carbocycles. The van der Waals surface area contributed by atoms with Crippen LogP contribution >= 0.6 is 0 Å². The maximum Gasteiger partial charge on any atom is 0.274 e. The average Bonchev–Trinajstić information content (AvgIpc) is 3.11. The van der Waals surface area contributed by atoms with E-state index in [0.29, 0.717) is 23.9 Å². The Morgan fingerprint density at radius 3 is 2.83 bits per heavy atom. The zero-order chi connectivity index (χ0) is 20.2. The molecule has 29 heavy (non-hydrogen) atoms. The van der Waals surface area contributed by atoms with Gasteiger partial charge in [-0.05, 0) is 49.2 Å². The average molecular weight is 389 g/mol. The number of amides is 1. The van der Waals surface area contributed by atoms with Crippen LogP contribution in [0.25, 0.3) is 10.9 Å². The number of rotatable bonds is 6. The zero-order valence-electron chi connectivity index (χ0n) is 15.9. The van der Waals surface area contributed by atoms with Crippen LogP contribution in [0.1, 0.15) is 21.7 Å². The summed E-state index contributed by atoms with van der Waals surface area (Å²) in [4.78, 5) is 24.4. The minimum atomic E-state index is -0.416. The molecule has 7 heteroatoms. The molecule has 4 aromatic rings. The van der Waals surface area contributed by atoms with Crippen LogP contribution in [0.5, 0.6) is 0 Å². The summed E-state index contributed by atoms with van der Waals surface area (Å²) < 4.78 is 13.3. The summed E-state index contributed by atoms with van der Waals surface area (Å²) in [6.45, 7) is 2.42. The lowest BCUT2D eigenvalue weighted by atomic mass is 10.1. The molecule has 0 saturated heterocycles. The maximum atomic E-state index is 13.3. The Balaban J connectivity index is 1.43. The first-order chi connectivity index (χ1) is 14.1. The number of hydrogen-bond donors (Lipinski definition) is 3. The Morgan fingerprint density at radius 2 is 1.97 bits per heavy atom. The molecule has 2 aromatic carbocycles. The molecule has 0 fully saturated rings. The summed E-state index contributed by atoms with van der Waals surface area (Å²) in [5.41, 5.74) is 3.56. The Morgan fingerprint density at radius 1 is 1.10 bits per heavy atom. The monoisotopic (exact) mass is 389 g/mol. The van der Waals surface area contributed by atoms with Gasteiger partial charge in [-0.25, -0.2) is 14.4 Å². The van der Waals surface area contributed by atoms with Gasteiger partial charge in [0.15, 0.2) is 0 Å². The smallest absolute Gasteiger partial charge is 0.274 e. The molecule has 0 atom stereocenters. The number of aromatic nitrogens is 3. The summed E-state index contributed by atoms with van der Waals surface area (Å²) in [5.74, 6) is -0.448. The van der Waals surface area contributed by atoms with Crippen molar-refractivity contribution in [3.05, 3.63) is 83.6 Å². The molecule has 0 radical (unpaired) electrons. The second-order valence-electron chi connectivity index (χ2n) is 6.72. The Kier molecular flexibility index (Phi) is 5.20. The van der Waals surface area contributed by atoms with Gasteiger partial charge in [0.05, 0.1) is 0 Å². The van der Waals surface area contributed by atoms with Gasteiger partial charge in [-0.3, -0.25) is 4.79 Å². The predicted octanol–water partition coefficient (Wildman–Crippen LogP) is 4.31. The van der Waals surface area contributed by atoms with Crippen LogP contribution in [-0.4, -0.2) is 27.4 Å². The first-order valence-corrected chi connectivity index (χ1v) is 9.30. The summed E-state index contributed by atoms with van der Waals surface area (Å²) in [5, 5.41) is 7.02. The van der Waals surface area contributed by atoms with E-state index in [2.05, 4.69) is 31.7 Å². The van der Waals surface area contributed by atoms with Crippen LogP contribution in [0.15, 0.2) is 60.8 Å². The van der Waals surface area contributed by atoms with Gasteiger partial charge in [0.25, 0.3) is 5.91 Å². The normalized spacial score (nSPS) is 10.8. The molecule has 0 aliphatic heterocycles. The number of halogens is 1. The number of H-pyrrole nitrogens is 1. The second-order valence-corrected chi connectivity index (χ2v) is 6.72. The second kappa shape index (κ2) is 8.10. The van der Waals surface area contributed by atoms with Crippen molar-refractivity contribution in [1.29, 1.82) is 0 Å². The van der Waals surface area contributed by atoms with Crippen molar-refractivity contribution in [2.24, 2.45) is 0 Å². The highest BCUT2D eigenvalue weighted by Crippen LogP contribution is 2.18. The van der Waals surface area contributed by atoms with Crippen LogP contribution in [-0.2, 0) is 6.42 Å². The van der Waals surface area contributed by atoms with E-state index in [1.165, 1.54) is 29.1 Å². The van der Waals surface area contributed by atoms with Crippen molar-refractivity contribution >= 4 is 28.4 Å². The molecule has 2 aromatic heterocycles. The van der Waals surface area contributed by atoms with Gasteiger partial charge in [0.1, 0.15) is 11.5 Å². The Hall–Kier alpha value is -3.74. The topological polar surface area (TPSA) is 82.7 Å². The third kappa shape index (κ3) is 4.40. The fraction of sp³-hybridized carbons (Fsp3) is 0.136. The molecule has 2 heterocycles. The molecule has 0 aliphatic carbocycles. The van der Waals surface area contributed by atoms with Crippen LogP contribution in [0.4, 0.5) is 16.0 Å². The number of aryl methyl sites for hydroxylation is 1. The van der Waals surface area contributed by atoms with Gasteiger partial charge in [-0.15, -0.1) is 0 Å². The molecule has 1 amide bonds. The van der Waals surface area contributed by atoms with E-state index in [4.69, 9.17) is 0 Å². The number of anilines is 2. The first-order valence-electron chi connectivity index (χ1n) is 9.30. The van der Waals surface area contributed by atoms with Crippen molar-refractivity contribution in [3.8, 4) is 0 Å². The number of hydrogen-bond acceptors (Lipinski definition) is 4. The predicted molar refractivity (Wildman–Crippen MR) is 112 cm³/mol. The van der Waals surface area contributed by atoms with Crippen LogP contribution < -0.4 is 10.6 Å². The third-order valence-electron chi connectivity index (χ3n) is 4.52. The van der Waals surface area contributed by atoms with E-state index >= 15 is 0 Å². The van der Waals surface area contributed by atoms with Crippen molar-refractivity contribution in [2.45, 2.75) is 13.3 Å². The highest BCUT2D eigenvalue weighted by molar-refractivity contribution is 6.03. The number of aromatic amines is 1. The molecule has 146 valence electrons. The largest absolute Gasteiger partial charge is 0.361 e. The van der Waals surface area contributed by atoms with Crippen molar-refractivity contribution in [3.63, 3.8) is 0 Å². The van der Waals surface area contributed by atoms with Gasteiger partial charge in [0, 0.05) is 35.0 Å². The zero-order valence-corrected chi connectivity index (χ0v) is 15.9. The summed E-state index contributed by atoms with van der Waals surface area (Å²) >= 11 is 0. The van der Waals surface area contributed by atoms with Gasteiger partial charge in [0.2, 0.25) is 5.95 Å². The Bertz CT molecular complexity index is 1170. The van der Waals surface area contributed by atoms with Gasteiger partial charge >= 0.3 is 0 Å². The third-order valence-corrected chi connectivity index (χ3v) is 4.52. The first kappa shape index (κ1) is 18.6. The standard InChI is InChI=1S/C22H20FN5O/c1-14-11-20(21(29)27-17-6-4-5-16(23)12-17)28-22(26-14)24-10-9-15-13-25-19-8-3-2-7-18(15)19/h2-8,11-13,25H,9-10H2,1H3,(H,27,29)(H,24,26,28). The van der Waals surface area contributed by atoms with E-state index in [-0.39, 0.29) is 5.69 Å². The molecule has 0 aliphatic rings. The quantitative estimate of drug-likeness (QED) is 0.459. The van der Waals surface area contributed by atoms with E-state index in [0.717, 1.165) is 11.9 Å². The SMILES string of the molecule is Cc1cc(C(=O)Nc2cccc(F)c2)nc(NCCc2c[nH]c3ccccc23)n1. The lowest BCUT2D eigenvalue weighted by molar-refractivity contribution is 0.102. The molecule has 0 spiro atoms. The molecule has 3 N–H and O–H groups in total. The number of nitrogens with one attached hydrogen (secondary N) is 3. The van der Waals surface area contributed by atoms with E-state index in [9.17, 15) is 9.18 Å². The van der Waals surface area contributed by atoms with Gasteiger partial charge < -0.3 is 15.6 Å². The number of carbonyl (C=O) groups is 1. The van der Waals surface area contributed by atoms with Gasteiger partial charge in [-0.2, -0.15) is 0 Å². The summed E-state index contributed by atoms with van der Waals surface area (Å²) in [6, 6.07) is 15.5. The van der Waals surface area contributed by atoms with Crippen molar-refractivity contribution in [2.75, 3.05) is 17.2 Å². The molecule has 0 bridgehead atoms. The van der Waals surface area contributed by atoms with Crippen molar-refractivity contribution in [1.82, 2.24) is 15.0 Å². The lowest BCUT2D eigenvalue weighted by Crippen LogP contribution is -2.17. The number of nitrogens with zero attached hydrogens (tertiary/aromatic N) is 2. The van der Waals surface area contributed by atoms with E-state index in [1.54, 1.807) is 19.1 Å². The number of benzene rings is 2. The number of fused-ring (bicyclic) bond motifs is 1. The van der Waals surface area contributed by atoms with Gasteiger partial charge in [-0.1, -0.05) is 24.3 Å². The fourth-order valence-electron chi connectivity index (χ4n) is 3.17. The highest BCUT2D eigenvalue weighted by Gasteiger charge is 2.12. The van der Waals surface area contributed by atoms with E-state index in [1.807, 2.05) is 24.4 Å². The number of carbonyl (C=O) groups excluding carboxylic acids is 1. The van der Waals surface area contributed by atoms with Crippen molar-refractivity contribution < 1.29 is 9.18 Å². The fourth-order valence-corrected chi connectivity index (χ4v) is 3.17. The van der Waals surface area contributed by atoms with Crippen LogP contribution in [0.2, 0.25) is 0 Å². The van der Waals surface area contributed by atoms with Crippen LogP contribution in [0, 0.1) is 12.7 Å². The van der Waals surface area contributed by atoms with E-state index < -0.39 is 11.7 Å². The minimum absolute atomic E-state index is 0.219. The highest BCUT2D eigenvalue weighted by atomic mass is 19.1. The molecular weight excluding hydrogens is 369 g/mol. The maximum absolute atomic E-state index is 13.3. The summed E-state index contributed by atoms with van der Waals surface area (Å²) in [7, 11) is 0. The number of para-hydroxylation sites is 1. The molecule has 4 rings (SSSR count). The summed E-state index contributed by atoms with van der Waals surface area (Å²) in [6.07, 6.45) is 2.79. The minimum Gasteiger partial charge on any atom is -0.361 e.